The van der Waals surface area contributed by atoms with Crippen LogP contribution in [0.25, 0.3) is 0 Å². The zero-order valence-corrected chi connectivity index (χ0v) is 12.4. The smallest absolute Gasteiger partial charge is 0.293 e. The van der Waals surface area contributed by atoms with Gasteiger partial charge in [0.1, 0.15) is 5.69 Å². The third kappa shape index (κ3) is 4.17. The number of hydrogen-bond acceptors (Lipinski definition) is 6. The maximum absolute atomic E-state index is 11.4. The lowest BCUT2D eigenvalue weighted by Crippen LogP contribution is -2.24. The van der Waals surface area contributed by atoms with Crippen LogP contribution in [0.4, 0.5) is 11.4 Å². The van der Waals surface area contributed by atoms with Crippen LogP contribution in [-0.4, -0.2) is 39.4 Å². The van der Waals surface area contributed by atoms with Crippen LogP contribution in [0.15, 0.2) is 23.1 Å². The molecule has 0 radical (unpaired) electrons. The van der Waals surface area contributed by atoms with Gasteiger partial charge in [-0.15, -0.1) is 0 Å². The van der Waals surface area contributed by atoms with Crippen LogP contribution >= 0.6 is 0 Å². The summed E-state index contributed by atoms with van der Waals surface area (Å²) >= 11 is 0. The van der Waals surface area contributed by atoms with Gasteiger partial charge in [-0.05, 0) is 18.6 Å². The van der Waals surface area contributed by atoms with Crippen LogP contribution in [0.3, 0.4) is 0 Å². The average molecular weight is 302 g/mol. The summed E-state index contributed by atoms with van der Waals surface area (Å²) in [5.74, 6) is 0. The number of methoxy groups -OCH3 is 1. The number of nitrogens with zero attached hydrogens (tertiary/aromatic N) is 1. The summed E-state index contributed by atoms with van der Waals surface area (Å²) in [6.07, 6.45) is 1.73. The van der Waals surface area contributed by atoms with Crippen molar-refractivity contribution in [2.24, 2.45) is 0 Å². The second kappa shape index (κ2) is 6.67. The summed E-state index contributed by atoms with van der Waals surface area (Å²) < 4.78 is 27.9. The van der Waals surface area contributed by atoms with Crippen molar-refractivity contribution in [1.82, 2.24) is 0 Å². The molecule has 0 fully saturated rings. The van der Waals surface area contributed by atoms with E-state index in [-0.39, 0.29) is 22.3 Å². The minimum Gasteiger partial charge on any atom is -0.383 e. The maximum atomic E-state index is 11.4. The van der Waals surface area contributed by atoms with E-state index in [4.69, 9.17) is 4.74 Å². The first-order valence-corrected chi connectivity index (χ1v) is 7.92. The van der Waals surface area contributed by atoms with E-state index in [1.807, 2.05) is 6.92 Å². The van der Waals surface area contributed by atoms with Gasteiger partial charge in [0.15, 0.2) is 9.84 Å². The molecule has 20 heavy (non-hydrogen) atoms. The SMILES string of the molecule is CCC(COC)Nc1ccc(S(C)(=O)=O)cc1[N+](=O)[O-]. The third-order valence-electron chi connectivity index (χ3n) is 2.81. The third-order valence-corrected chi connectivity index (χ3v) is 3.92. The standard InChI is InChI=1S/C12H18N2O5S/c1-4-9(8-19-2)13-11-6-5-10(20(3,17)18)7-12(11)14(15)16/h5-7,9,13H,4,8H2,1-3H3. The molecule has 1 unspecified atom stereocenters. The van der Waals surface area contributed by atoms with E-state index in [9.17, 15) is 18.5 Å². The Morgan fingerprint density at radius 2 is 2.10 bits per heavy atom. The number of sulfone groups is 1. The molecule has 0 aliphatic heterocycles. The zero-order valence-electron chi connectivity index (χ0n) is 11.6. The molecule has 1 atom stereocenters. The van der Waals surface area contributed by atoms with Crippen LogP contribution in [0.1, 0.15) is 13.3 Å². The minimum absolute atomic E-state index is 0.0745. The van der Waals surface area contributed by atoms with Crippen LogP contribution < -0.4 is 5.32 Å². The van der Waals surface area contributed by atoms with Gasteiger partial charge in [-0.3, -0.25) is 10.1 Å². The lowest BCUT2D eigenvalue weighted by atomic mass is 10.2. The lowest BCUT2D eigenvalue weighted by Gasteiger charge is -2.17. The molecule has 8 heteroatoms. The Bertz CT molecular complexity index is 586. The van der Waals surface area contributed by atoms with Gasteiger partial charge in [-0.1, -0.05) is 6.92 Å². The summed E-state index contributed by atoms with van der Waals surface area (Å²) in [6.45, 7) is 2.33. The normalized spacial score (nSPS) is 12.9. The van der Waals surface area contributed by atoms with Gasteiger partial charge in [0.25, 0.3) is 5.69 Å². The van der Waals surface area contributed by atoms with Gasteiger partial charge < -0.3 is 10.1 Å². The van der Waals surface area contributed by atoms with E-state index in [1.165, 1.54) is 12.1 Å². The fraction of sp³-hybridized carbons (Fsp3) is 0.500. The average Bonchev–Trinajstić information content (AvgIpc) is 2.36. The molecule has 0 bridgehead atoms. The van der Waals surface area contributed by atoms with Crippen molar-refractivity contribution in [1.29, 1.82) is 0 Å². The number of anilines is 1. The Hall–Kier alpha value is -1.67. The fourth-order valence-electron chi connectivity index (χ4n) is 1.70. The summed E-state index contributed by atoms with van der Waals surface area (Å²) in [7, 11) is -1.93. The Balaban J connectivity index is 3.17. The molecule has 0 aromatic heterocycles. The van der Waals surface area contributed by atoms with E-state index in [2.05, 4.69) is 5.32 Å². The van der Waals surface area contributed by atoms with Gasteiger partial charge in [-0.25, -0.2) is 8.42 Å². The van der Waals surface area contributed by atoms with Crippen molar-refractivity contribution >= 4 is 21.2 Å². The van der Waals surface area contributed by atoms with Crippen LogP contribution in [0.5, 0.6) is 0 Å². The Morgan fingerprint density at radius 3 is 2.55 bits per heavy atom. The number of nitro groups is 1. The molecule has 0 aliphatic carbocycles. The Labute approximate surface area is 118 Å². The van der Waals surface area contributed by atoms with Crippen molar-refractivity contribution in [2.45, 2.75) is 24.3 Å². The van der Waals surface area contributed by atoms with Crippen LogP contribution in [0, 0.1) is 10.1 Å². The second-order valence-corrected chi connectivity index (χ2v) is 6.43. The Morgan fingerprint density at radius 1 is 1.45 bits per heavy atom. The molecule has 0 saturated heterocycles. The molecule has 0 aliphatic rings. The molecule has 1 rings (SSSR count). The molecule has 1 N–H and O–H groups in total. The van der Waals surface area contributed by atoms with Crippen molar-refractivity contribution in [2.75, 3.05) is 25.3 Å². The molecule has 1 aromatic carbocycles. The molecular weight excluding hydrogens is 284 g/mol. The first kappa shape index (κ1) is 16.4. The van der Waals surface area contributed by atoms with Crippen LogP contribution in [-0.2, 0) is 14.6 Å². The van der Waals surface area contributed by atoms with Gasteiger partial charge in [0.2, 0.25) is 0 Å². The molecule has 0 amide bonds. The number of hydrogen-bond donors (Lipinski definition) is 1. The van der Waals surface area contributed by atoms with E-state index in [0.29, 0.717) is 6.61 Å². The highest BCUT2D eigenvalue weighted by Crippen LogP contribution is 2.28. The van der Waals surface area contributed by atoms with Crippen molar-refractivity contribution in [3.63, 3.8) is 0 Å². The summed E-state index contributed by atoms with van der Waals surface area (Å²) in [4.78, 5) is 10.4. The first-order chi connectivity index (χ1) is 9.29. The first-order valence-electron chi connectivity index (χ1n) is 6.03. The highest BCUT2D eigenvalue weighted by atomic mass is 32.2. The Kier molecular flexibility index (Phi) is 5.46. The van der Waals surface area contributed by atoms with Crippen LogP contribution in [0.2, 0.25) is 0 Å². The lowest BCUT2D eigenvalue weighted by molar-refractivity contribution is -0.384. The monoisotopic (exact) mass is 302 g/mol. The number of benzene rings is 1. The van der Waals surface area contributed by atoms with Crippen molar-refractivity contribution in [3.05, 3.63) is 28.3 Å². The van der Waals surface area contributed by atoms with Crippen molar-refractivity contribution < 1.29 is 18.1 Å². The second-order valence-electron chi connectivity index (χ2n) is 4.41. The number of nitrogens with one attached hydrogen (secondary N) is 1. The summed E-state index contributed by atoms with van der Waals surface area (Å²) in [5, 5.41) is 14.1. The number of rotatable bonds is 7. The van der Waals surface area contributed by atoms with Crippen molar-refractivity contribution in [3.8, 4) is 0 Å². The molecule has 7 nitrogen and oxygen atoms in total. The topological polar surface area (TPSA) is 98.5 Å². The molecule has 0 spiro atoms. The summed E-state index contributed by atoms with van der Waals surface area (Å²) in [5.41, 5.74) is 0.0220. The quantitative estimate of drug-likeness (QED) is 0.609. The number of nitro benzene ring substituents is 1. The van der Waals surface area contributed by atoms with Gasteiger partial charge in [-0.2, -0.15) is 0 Å². The minimum atomic E-state index is -3.48. The zero-order chi connectivity index (χ0) is 15.3. The highest BCUT2D eigenvalue weighted by Gasteiger charge is 2.20. The highest BCUT2D eigenvalue weighted by molar-refractivity contribution is 7.90. The predicted octanol–water partition coefficient (Wildman–Crippen LogP) is 1.84. The molecular formula is C12H18N2O5S. The molecule has 0 heterocycles. The van der Waals surface area contributed by atoms with Gasteiger partial charge >= 0.3 is 0 Å². The maximum Gasteiger partial charge on any atom is 0.293 e. The molecule has 1 aromatic rings. The fourth-order valence-corrected chi connectivity index (χ4v) is 2.34. The summed E-state index contributed by atoms with van der Waals surface area (Å²) in [6, 6.07) is 3.75. The van der Waals surface area contributed by atoms with Gasteiger partial charge in [0, 0.05) is 25.5 Å². The van der Waals surface area contributed by atoms with E-state index in [0.717, 1.165) is 18.7 Å². The van der Waals surface area contributed by atoms with Gasteiger partial charge in [0.05, 0.1) is 16.4 Å². The predicted molar refractivity (Wildman–Crippen MR) is 75.8 cm³/mol. The molecule has 112 valence electrons. The van der Waals surface area contributed by atoms with E-state index < -0.39 is 14.8 Å². The molecule has 0 saturated carbocycles. The largest absolute Gasteiger partial charge is 0.383 e. The van der Waals surface area contributed by atoms with E-state index >= 15 is 0 Å². The van der Waals surface area contributed by atoms with E-state index in [1.54, 1.807) is 7.11 Å². The number of ether oxygens (including phenoxy) is 1.